The topological polar surface area (TPSA) is 76.3 Å². The summed E-state index contributed by atoms with van der Waals surface area (Å²) >= 11 is 0. The highest BCUT2D eigenvalue weighted by Gasteiger charge is 2.32. The minimum atomic E-state index is -3.55. The molecule has 1 saturated carbocycles. The second-order valence-corrected chi connectivity index (χ2v) is 7.48. The van der Waals surface area contributed by atoms with Crippen molar-refractivity contribution < 1.29 is 8.42 Å². The van der Waals surface area contributed by atoms with Crippen molar-refractivity contribution in [3.05, 3.63) is 18.5 Å². The molecule has 0 radical (unpaired) electrons. The molecule has 6 heteroatoms. The third kappa shape index (κ3) is 2.96. The Kier molecular flexibility index (Phi) is 4.65. The zero-order valence-electron chi connectivity index (χ0n) is 12.1. The quantitative estimate of drug-likeness (QED) is 0.924. The SMILES string of the molecule is CCC1CCC(N(C)S(=O)(=O)c2cnccc2N)CC1. The smallest absolute Gasteiger partial charge is 0.246 e. The van der Waals surface area contributed by atoms with Crippen molar-refractivity contribution in [2.45, 2.75) is 50.0 Å². The molecule has 5 nitrogen and oxygen atoms in total. The Labute approximate surface area is 121 Å². The third-order valence-electron chi connectivity index (χ3n) is 4.38. The Morgan fingerprint density at radius 1 is 1.35 bits per heavy atom. The summed E-state index contributed by atoms with van der Waals surface area (Å²) in [6.07, 6.45) is 8.06. The zero-order chi connectivity index (χ0) is 14.8. The van der Waals surface area contributed by atoms with Gasteiger partial charge in [-0.1, -0.05) is 13.3 Å². The van der Waals surface area contributed by atoms with Gasteiger partial charge >= 0.3 is 0 Å². The number of nitrogens with two attached hydrogens (primary N) is 1. The highest BCUT2D eigenvalue weighted by atomic mass is 32.2. The van der Waals surface area contributed by atoms with E-state index in [1.54, 1.807) is 7.05 Å². The molecule has 0 aliphatic heterocycles. The van der Waals surface area contributed by atoms with Crippen molar-refractivity contribution >= 4 is 15.7 Å². The highest BCUT2D eigenvalue weighted by Crippen LogP contribution is 2.32. The molecule has 1 aromatic heterocycles. The molecule has 112 valence electrons. The summed E-state index contributed by atoms with van der Waals surface area (Å²) in [6.45, 7) is 2.20. The van der Waals surface area contributed by atoms with E-state index in [4.69, 9.17) is 5.73 Å². The largest absolute Gasteiger partial charge is 0.398 e. The van der Waals surface area contributed by atoms with Crippen molar-refractivity contribution in [2.24, 2.45) is 5.92 Å². The fourth-order valence-electron chi connectivity index (χ4n) is 2.87. The van der Waals surface area contributed by atoms with Gasteiger partial charge in [-0.05, 0) is 37.7 Å². The van der Waals surface area contributed by atoms with Crippen LogP contribution in [0.4, 0.5) is 5.69 Å². The van der Waals surface area contributed by atoms with Gasteiger partial charge in [0.25, 0.3) is 0 Å². The molecule has 0 spiro atoms. The Hall–Kier alpha value is -1.14. The molecule has 1 fully saturated rings. The standard InChI is InChI=1S/C14H23N3O2S/c1-3-11-4-6-12(7-5-11)17(2)20(18,19)14-10-16-9-8-13(14)15/h8-12H,3-7H2,1-2H3,(H2,15,16). The lowest BCUT2D eigenvalue weighted by atomic mass is 9.85. The van der Waals surface area contributed by atoms with Gasteiger partial charge in [0.15, 0.2) is 0 Å². The van der Waals surface area contributed by atoms with Crippen LogP contribution in [-0.2, 0) is 10.0 Å². The molecule has 0 atom stereocenters. The van der Waals surface area contributed by atoms with E-state index in [2.05, 4.69) is 11.9 Å². The molecule has 0 aromatic carbocycles. The predicted octanol–water partition coefficient (Wildman–Crippen LogP) is 2.25. The van der Waals surface area contributed by atoms with E-state index in [0.717, 1.165) is 31.6 Å². The molecule has 0 saturated heterocycles. The van der Waals surface area contributed by atoms with Gasteiger partial charge < -0.3 is 5.73 Å². The summed E-state index contributed by atoms with van der Waals surface area (Å²) in [5.74, 6) is 0.741. The van der Waals surface area contributed by atoms with Gasteiger partial charge in [-0.2, -0.15) is 4.31 Å². The summed E-state index contributed by atoms with van der Waals surface area (Å²) in [7, 11) is -1.90. The first-order valence-corrected chi connectivity index (χ1v) is 8.58. The van der Waals surface area contributed by atoms with Crippen molar-refractivity contribution in [2.75, 3.05) is 12.8 Å². The van der Waals surface area contributed by atoms with Gasteiger partial charge in [0.2, 0.25) is 10.0 Å². The number of nitrogen functional groups attached to an aromatic ring is 1. The average molecular weight is 297 g/mol. The molecule has 1 aliphatic carbocycles. The molecular formula is C14H23N3O2S. The van der Waals surface area contributed by atoms with Crippen molar-refractivity contribution in [1.29, 1.82) is 0 Å². The lowest BCUT2D eigenvalue weighted by Crippen LogP contribution is -2.39. The summed E-state index contributed by atoms with van der Waals surface area (Å²) in [4.78, 5) is 3.99. The fraction of sp³-hybridized carbons (Fsp3) is 0.643. The second-order valence-electron chi connectivity index (χ2n) is 5.52. The molecule has 20 heavy (non-hydrogen) atoms. The normalized spacial score (nSPS) is 23.9. The number of rotatable bonds is 4. The zero-order valence-corrected chi connectivity index (χ0v) is 12.9. The van der Waals surface area contributed by atoms with E-state index in [-0.39, 0.29) is 16.6 Å². The lowest BCUT2D eigenvalue weighted by molar-refractivity contribution is 0.233. The van der Waals surface area contributed by atoms with E-state index in [1.807, 2.05) is 0 Å². The molecular weight excluding hydrogens is 274 g/mol. The number of hydrogen-bond acceptors (Lipinski definition) is 4. The van der Waals surface area contributed by atoms with Crippen LogP contribution in [-0.4, -0.2) is 30.8 Å². The Morgan fingerprint density at radius 3 is 2.55 bits per heavy atom. The summed E-state index contributed by atoms with van der Waals surface area (Å²) < 4.78 is 26.7. The van der Waals surface area contributed by atoms with Crippen LogP contribution in [0.3, 0.4) is 0 Å². The maximum Gasteiger partial charge on any atom is 0.246 e. The van der Waals surface area contributed by atoms with Gasteiger partial charge in [0.1, 0.15) is 4.90 Å². The number of pyridine rings is 1. The highest BCUT2D eigenvalue weighted by molar-refractivity contribution is 7.89. The van der Waals surface area contributed by atoms with Gasteiger partial charge in [-0.3, -0.25) is 4.98 Å². The lowest BCUT2D eigenvalue weighted by Gasteiger charge is -2.33. The van der Waals surface area contributed by atoms with Crippen LogP contribution >= 0.6 is 0 Å². The molecule has 1 aliphatic rings. The number of anilines is 1. The van der Waals surface area contributed by atoms with Crippen molar-refractivity contribution in [3.63, 3.8) is 0 Å². The number of aromatic nitrogens is 1. The van der Waals surface area contributed by atoms with E-state index >= 15 is 0 Å². The van der Waals surface area contributed by atoms with E-state index in [0.29, 0.717) is 0 Å². The Morgan fingerprint density at radius 2 is 2.00 bits per heavy atom. The van der Waals surface area contributed by atoms with Crippen molar-refractivity contribution in [3.8, 4) is 0 Å². The van der Waals surface area contributed by atoms with Crippen LogP contribution < -0.4 is 5.73 Å². The molecule has 1 heterocycles. The third-order valence-corrected chi connectivity index (χ3v) is 6.33. The molecule has 0 unspecified atom stereocenters. The summed E-state index contributed by atoms with van der Waals surface area (Å²) in [5.41, 5.74) is 6.03. The van der Waals surface area contributed by atoms with E-state index in [1.165, 1.54) is 29.2 Å². The van der Waals surface area contributed by atoms with Crippen LogP contribution in [0.25, 0.3) is 0 Å². The Balaban J connectivity index is 2.16. The van der Waals surface area contributed by atoms with Gasteiger partial charge in [-0.15, -0.1) is 0 Å². The van der Waals surface area contributed by atoms with Gasteiger partial charge in [0, 0.05) is 25.5 Å². The first-order chi connectivity index (χ1) is 9.46. The summed E-state index contributed by atoms with van der Waals surface area (Å²) in [5, 5.41) is 0. The molecule has 0 amide bonds. The van der Waals surface area contributed by atoms with Gasteiger partial charge in [-0.25, -0.2) is 8.42 Å². The molecule has 2 N–H and O–H groups in total. The van der Waals surface area contributed by atoms with Gasteiger partial charge in [0.05, 0.1) is 5.69 Å². The predicted molar refractivity (Wildman–Crippen MR) is 79.6 cm³/mol. The minimum absolute atomic E-state index is 0.0717. The molecule has 0 bridgehead atoms. The first-order valence-electron chi connectivity index (χ1n) is 7.14. The monoisotopic (exact) mass is 297 g/mol. The maximum atomic E-state index is 12.6. The van der Waals surface area contributed by atoms with Crippen LogP contribution in [0, 0.1) is 5.92 Å². The molecule has 2 rings (SSSR count). The number of hydrogen-bond donors (Lipinski definition) is 1. The summed E-state index contributed by atoms with van der Waals surface area (Å²) in [6, 6.07) is 1.59. The van der Waals surface area contributed by atoms with Crippen molar-refractivity contribution in [1.82, 2.24) is 9.29 Å². The first kappa shape index (κ1) is 15.3. The maximum absolute atomic E-state index is 12.6. The average Bonchev–Trinajstić information content (AvgIpc) is 2.47. The van der Waals surface area contributed by atoms with Crippen LogP contribution in [0.15, 0.2) is 23.4 Å². The Bertz CT molecular complexity index is 551. The minimum Gasteiger partial charge on any atom is -0.398 e. The van der Waals surface area contributed by atoms with E-state index < -0.39 is 10.0 Å². The van der Waals surface area contributed by atoms with Crippen LogP contribution in [0.2, 0.25) is 0 Å². The molecule has 1 aromatic rings. The fourth-order valence-corrected chi connectivity index (χ4v) is 4.35. The number of sulfonamides is 1. The van der Waals surface area contributed by atoms with Crippen LogP contribution in [0.5, 0.6) is 0 Å². The number of nitrogens with zero attached hydrogens (tertiary/aromatic N) is 2. The second kappa shape index (κ2) is 6.10. The van der Waals surface area contributed by atoms with Crippen LogP contribution in [0.1, 0.15) is 39.0 Å². The van der Waals surface area contributed by atoms with E-state index in [9.17, 15) is 8.42 Å².